The third kappa shape index (κ3) is 6.05. The van der Waals surface area contributed by atoms with E-state index in [1.165, 1.54) is 6.07 Å². The predicted octanol–water partition coefficient (Wildman–Crippen LogP) is 4.60. The van der Waals surface area contributed by atoms with E-state index in [0.29, 0.717) is 12.0 Å². The minimum Gasteiger partial charge on any atom is -0.308 e. The van der Waals surface area contributed by atoms with Gasteiger partial charge < -0.3 is 5.32 Å². The standard InChI is InChI=1S/C14H19F4N/c1-10(6-5-9-14(16,17)18)19-11(2)12-7-3-4-8-13(12)15/h3-4,7-8,10-11,19H,5-6,9H2,1-2H3/t10?,11-/m1/s1. The summed E-state index contributed by atoms with van der Waals surface area (Å²) in [7, 11) is 0. The van der Waals surface area contributed by atoms with E-state index in [0.717, 1.165) is 0 Å². The molecule has 0 fully saturated rings. The molecule has 1 aromatic carbocycles. The summed E-state index contributed by atoms with van der Waals surface area (Å²) in [6.45, 7) is 3.62. The molecule has 0 amide bonds. The summed E-state index contributed by atoms with van der Waals surface area (Å²) in [5, 5.41) is 3.12. The second kappa shape index (κ2) is 6.89. The summed E-state index contributed by atoms with van der Waals surface area (Å²) in [6.07, 6.45) is -4.37. The molecule has 0 radical (unpaired) electrons. The van der Waals surface area contributed by atoms with Gasteiger partial charge in [0.05, 0.1) is 0 Å². The van der Waals surface area contributed by atoms with Crippen molar-refractivity contribution < 1.29 is 17.6 Å². The molecule has 1 N–H and O–H groups in total. The molecule has 0 aliphatic carbocycles. The van der Waals surface area contributed by atoms with E-state index in [1.54, 1.807) is 25.1 Å². The van der Waals surface area contributed by atoms with Gasteiger partial charge in [0.25, 0.3) is 0 Å². The van der Waals surface area contributed by atoms with Crippen molar-refractivity contribution in [2.24, 2.45) is 0 Å². The first-order valence-corrected chi connectivity index (χ1v) is 6.37. The SMILES string of the molecule is CC(CCCC(F)(F)F)N[C@H](C)c1ccccc1F. The number of alkyl halides is 3. The fraction of sp³-hybridized carbons (Fsp3) is 0.571. The second-order valence-corrected chi connectivity index (χ2v) is 4.82. The van der Waals surface area contributed by atoms with Crippen LogP contribution in [0, 0.1) is 5.82 Å². The maximum atomic E-state index is 13.5. The van der Waals surface area contributed by atoms with E-state index >= 15 is 0 Å². The van der Waals surface area contributed by atoms with Gasteiger partial charge in [-0.3, -0.25) is 0 Å². The molecule has 0 aliphatic rings. The van der Waals surface area contributed by atoms with Gasteiger partial charge in [0.1, 0.15) is 5.82 Å². The molecule has 0 saturated heterocycles. The molecular weight excluding hydrogens is 258 g/mol. The van der Waals surface area contributed by atoms with Gasteiger partial charge in [-0.15, -0.1) is 0 Å². The zero-order valence-electron chi connectivity index (χ0n) is 11.1. The molecule has 0 bridgehead atoms. The van der Waals surface area contributed by atoms with E-state index in [4.69, 9.17) is 0 Å². The molecular formula is C14H19F4N. The van der Waals surface area contributed by atoms with Gasteiger partial charge in [-0.25, -0.2) is 4.39 Å². The zero-order valence-corrected chi connectivity index (χ0v) is 11.1. The van der Waals surface area contributed by atoms with Gasteiger partial charge in [-0.1, -0.05) is 18.2 Å². The Bertz CT molecular complexity index is 389. The number of benzene rings is 1. The summed E-state index contributed by atoms with van der Waals surface area (Å²) < 4.78 is 49.6. The lowest BCUT2D eigenvalue weighted by molar-refractivity contribution is -0.135. The van der Waals surface area contributed by atoms with Crippen LogP contribution in [-0.4, -0.2) is 12.2 Å². The number of hydrogen-bond donors (Lipinski definition) is 1. The van der Waals surface area contributed by atoms with Crippen molar-refractivity contribution in [1.29, 1.82) is 0 Å². The van der Waals surface area contributed by atoms with Crippen molar-refractivity contribution in [2.45, 2.75) is 51.4 Å². The normalized spacial score (nSPS) is 15.3. The smallest absolute Gasteiger partial charge is 0.308 e. The predicted molar refractivity (Wildman–Crippen MR) is 67.3 cm³/mol. The van der Waals surface area contributed by atoms with Gasteiger partial charge in [-0.05, 0) is 32.8 Å². The number of nitrogens with one attached hydrogen (secondary N) is 1. The van der Waals surface area contributed by atoms with Crippen molar-refractivity contribution in [2.75, 3.05) is 0 Å². The first-order valence-electron chi connectivity index (χ1n) is 6.37. The molecule has 1 rings (SSSR count). The second-order valence-electron chi connectivity index (χ2n) is 4.82. The van der Waals surface area contributed by atoms with E-state index in [-0.39, 0.29) is 24.3 Å². The molecule has 1 unspecified atom stereocenters. The largest absolute Gasteiger partial charge is 0.389 e. The van der Waals surface area contributed by atoms with Crippen LogP contribution in [0.4, 0.5) is 17.6 Å². The van der Waals surface area contributed by atoms with Crippen LogP contribution in [0.15, 0.2) is 24.3 Å². The number of rotatable bonds is 6. The lowest BCUT2D eigenvalue weighted by Crippen LogP contribution is -2.29. The van der Waals surface area contributed by atoms with Crippen molar-refractivity contribution >= 4 is 0 Å². The number of halogens is 4. The highest BCUT2D eigenvalue weighted by Crippen LogP contribution is 2.23. The van der Waals surface area contributed by atoms with Crippen LogP contribution in [0.5, 0.6) is 0 Å². The van der Waals surface area contributed by atoms with Crippen LogP contribution in [0.2, 0.25) is 0 Å². The summed E-state index contributed by atoms with van der Waals surface area (Å²) in [6, 6.07) is 6.10. The van der Waals surface area contributed by atoms with Crippen LogP contribution in [0.25, 0.3) is 0 Å². The molecule has 0 aliphatic heterocycles. The average Bonchev–Trinajstić information content (AvgIpc) is 2.27. The molecule has 2 atom stereocenters. The Kier molecular flexibility index (Phi) is 5.79. The van der Waals surface area contributed by atoms with Crippen molar-refractivity contribution in [1.82, 2.24) is 5.32 Å². The molecule has 5 heteroatoms. The molecule has 0 heterocycles. The van der Waals surface area contributed by atoms with Gasteiger partial charge in [0, 0.05) is 24.1 Å². The Morgan fingerprint density at radius 3 is 2.37 bits per heavy atom. The Labute approximate surface area is 111 Å². The van der Waals surface area contributed by atoms with E-state index in [2.05, 4.69) is 5.32 Å². The van der Waals surface area contributed by atoms with Crippen LogP contribution in [0.1, 0.15) is 44.7 Å². The van der Waals surface area contributed by atoms with Crippen LogP contribution >= 0.6 is 0 Å². The summed E-state index contributed by atoms with van der Waals surface area (Å²) >= 11 is 0. The first kappa shape index (κ1) is 16.0. The zero-order chi connectivity index (χ0) is 14.5. The summed E-state index contributed by atoms with van der Waals surface area (Å²) in [4.78, 5) is 0. The number of hydrogen-bond acceptors (Lipinski definition) is 1. The van der Waals surface area contributed by atoms with Gasteiger partial charge in [-0.2, -0.15) is 13.2 Å². The van der Waals surface area contributed by atoms with Crippen molar-refractivity contribution in [3.05, 3.63) is 35.6 Å². The van der Waals surface area contributed by atoms with Gasteiger partial charge >= 0.3 is 6.18 Å². The minimum atomic E-state index is -4.10. The lowest BCUT2D eigenvalue weighted by atomic mass is 10.1. The maximum Gasteiger partial charge on any atom is 0.389 e. The van der Waals surface area contributed by atoms with Crippen LogP contribution in [-0.2, 0) is 0 Å². The fourth-order valence-corrected chi connectivity index (χ4v) is 2.03. The molecule has 0 saturated carbocycles. The minimum absolute atomic E-state index is 0.0850. The molecule has 108 valence electrons. The van der Waals surface area contributed by atoms with Gasteiger partial charge in [0.2, 0.25) is 0 Å². The molecule has 0 aromatic heterocycles. The summed E-state index contributed by atoms with van der Waals surface area (Å²) in [5.74, 6) is -0.301. The van der Waals surface area contributed by atoms with E-state index in [9.17, 15) is 17.6 Å². The third-order valence-electron chi connectivity index (χ3n) is 3.00. The summed E-state index contributed by atoms with van der Waals surface area (Å²) in [5.41, 5.74) is 0.533. The Hall–Kier alpha value is -1.10. The first-order chi connectivity index (χ1) is 8.79. The highest BCUT2D eigenvalue weighted by Gasteiger charge is 2.26. The van der Waals surface area contributed by atoms with Crippen LogP contribution in [0.3, 0.4) is 0 Å². The molecule has 0 spiro atoms. The maximum absolute atomic E-state index is 13.5. The topological polar surface area (TPSA) is 12.0 Å². The molecule has 1 nitrogen and oxygen atoms in total. The fourth-order valence-electron chi connectivity index (χ4n) is 2.03. The van der Waals surface area contributed by atoms with Gasteiger partial charge in [0.15, 0.2) is 0 Å². The lowest BCUT2D eigenvalue weighted by Gasteiger charge is -2.21. The highest BCUT2D eigenvalue weighted by atomic mass is 19.4. The van der Waals surface area contributed by atoms with E-state index in [1.807, 2.05) is 6.92 Å². The monoisotopic (exact) mass is 277 g/mol. The Balaban J connectivity index is 2.40. The van der Waals surface area contributed by atoms with Crippen molar-refractivity contribution in [3.63, 3.8) is 0 Å². The van der Waals surface area contributed by atoms with Crippen molar-refractivity contribution in [3.8, 4) is 0 Å². The highest BCUT2D eigenvalue weighted by molar-refractivity contribution is 5.20. The molecule has 1 aromatic rings. The Morgan fingerprint density at radius 2 is 1.79 bits per heavy atom. The Morgan fingerprint density at radius 1 is 1.16 bits per heavy atom. The average molecular weight is 277 g/mol. The molecule has 19 heavy (non-hydrogen) atoms. The van der Waals surface area contributed by atoms with E-state index < -0.39 is 12.6 Å². The van der Waals surface area contributed by atoms with Crippen LogP contribution < -0.4 is 5.32 Å². The third-order valence-corrected chi connectivity index (χ3v) is 3.00. The quantitative estimate of drug-likeness (QED) is 0.749.